The largest absolute Gasteiger partial charge is 0.377 e. The molecule has 0 spiro atoms. The summed E-state index contributed by atoms with van der Waals surface area (Å²) in [5.74, 6) is -0.184. The number of hydrogen-bond acceptors (Lipinski definition) is 2. The quantitative estimate of drug-likeness (QED) is 0.814. The van der Waals surface area contributed by atoms with Gasteiger partial charge in [-0.3, -0.25) is 0 Å². The standard InChI is InChI=1S/C17H20FNS/c1-11-7-8-14(18)10-15(11)19-12(2)17-9-13-5-3-4-6-16(13)20-17/h7-10,12,19H,3-6H2,1-2H3. The van der Waals surface area contributed by atoms with Crippen LogP contribution in [0.3, 0.4) is 0 Å². The van der Waals surface area contributed by atoms with Crippen molar-refractivity contribution >= 4 is 17.0 Å². The van der Waals surface area contributed by atoms with Crippen molar-refractivity contribution in [1.82, 2.24) is 0 Å². The fraction of sp³-hybridized carbons (Fsp3) is 0.412. The molecule has 0 amide bonds. The van der Waals surface area contributed by atoms with Gasteiger partial charge in [0.15, 0.2) is 0 Å². The molecule has 2 aromatic rings. The van der Waals surface area contributed by atoms with Gasteiger partial charge in [0, 0.05) is 15.4 Å². The van der Waals surface area contributed by atoms with E-state index in [1.165, 1.54) is 42.2 Å². The molecular weight excluding hydrogens is 269 g/mol. The summed E-state index contributed by atoms with van der Waals surface area (Å²) in [4.78, 5) is 2.91. The maximum absolute atomic E-state index is 13.3. The van der Waals surface area contributed by atoms with Crippen molar-refractivity contribution < 1.29 is 4.39 Å². The van der Waals surface area contributed by atoms with E-state index in [1.54, 1.807) is 10.9 Å². The third-order valence-electron chi connectivity index (χ3n) is 4.01. The predicted octanol–water partition coefficient (Wildman–Crippen LogP) is 5.25. The van der Waals surface area contributed by atoms with E-state index < -0.39 is 0 Å². The fourth-order valence-electron chi connectivity index (χ4n) is 2.78. The maximum atomic E-state index is 13.3. The molecule has 1 aliphatic rings. The molecule has 1 atom stereocenters. The van der Waals surface area contributed by atoms with Gasteiger partial charge in [-0.15, -0.1) is 11.3 Å². The lowest BCUT2D eigenvalue weighted by atomic mass is 9.99. The SMILES string of the molecule is Cc1ccc(F)cc1NC(C)c1cc2c(s1)CCCC2. The third kappa shape index (κ3) is 2.73. The van der Waals surface area contributed by atoms with E-state index in [-0.39, 0.29) is 11.9 Å². The summed E-state index contributed by atoms with van der Waals surface area (Å²) in [5.41, 5.74) is 3.50. The lowest BCUT2D eigenvalue weighted by Crippen LogP contribution is -2.06. The second kappa shape index (κ2) is 5.57. The van der Waals surface area contributed by atoms with E-state index in [2.05, 4.69) is 18.3 Å². The van der Waals surface area contributed by atoms with Crippen LogP contribution in [0.15, 0.2) is 24.3 Å². The Labute approximate surface area is 123 Å². The average molecular weight is 289 g/mol. The van der Waals surface area contributed by atoms with Gasteiger partial charge in [-0.2, -0.15) is 0 Å². The Balaban J connectivity index is 1.80. The Hall–Kier alpha value is -1.35. The summed E-state index contributed by atoms with van der Waals surface area (Å²) in [5, 5.41) is 3.45. The highest BCUT2D eigenvalue weighted by Gasteiger charge is 2.17. The van der Waals surface area contributed by atoms with Crippen molar-refractivity contribution in [3.63, 3.8) is 0 Å². The molecule has 1 nitrogen and oxygen atoms in total. The van der Waals surface area contributed by atoms with Crippen molar-refractivity contribution in [1.29, 1.82) is 0 Å². The van der Waals surface area contributed by atoms with E-state index in [0.717, 1.165) is 11.3 Å². The molecule has 0 aliphatic heterocycles. The van der Waals surface area contributed by atoms with Gasteiger partial charge in [-0.1, -0.05) is 6.07 Å². The molecule has 1 N–H and O–H groups in total. The van der Waals surface area contributed by atoms with Crippen LogP contribution in [-0.2, 0) is 12.8 Å². The summed E-state index contributed by atoms with van der Waals surface area (Å²) in [6, 6.07) is 7.48. The van der Waals surface area contributed by atoms with Gasteiger partial charge in [0.25, 0.3) is 0 Å². The van der Waals surface area contributed by atoms with Crippen LogP contribution in [0.4, 0.5) is 10.1 Å². The van der Waals surface area contributed by atoms with Crippen LogP contribution in [-0.4, -0.2) is 0 Å². The van der Waals surface area contributed by atoms with Gasteiger partial charge < -0.3 is 5.32 Å². The Morgan fingerprint density at radius 3 is 2.80 bits per heavy atom. The van der Waals surface area contributed by atoms with Crippen LogP contribution in [0, 0.1) is 12.7 Å². The maximum Gasteiger partial charge on any atom is 0.125 e. The van der Waals surface area contributed by atoms with Crippen molar-refractivity contribution in [3.05, 3.63) is 51.0 Å². The molecule has 106 valence electrons. The molecule has 1 aliphatic carbocycles. The normalized spacial score (nSPS) is 15.8. The molecule has 3 heteroatoms. The number of thiophene rings is 1. The Bertz CT molecular complexity index is 594. The van der Waals surface area contributed by atoms with E-state index in [9.17, 15) is 4.39 Å². The molecule has 0 radical (unpaired) electrons. The summed E-state index contributed by atoms with van der Waals surface area (Å²) in [6.07, 6.45) is 5.08. The molecule has 1 unspecified atom stereocenters. The first-order valence-corrected chi connectivity index (χ1v) is 8.09. The molecular formula is C17H20FNS. The smallest absolute Gasteiger partial charge is 0.125 e. The highest BCUT2D eigenvalue weighted by Crippen LogP contribution is 2.34. The number of benzene rings is 1. The first-order valence-electron chi connectivity index (χ1n) is 7.27. The summed E-state index contributed by atoms with van der Waals surface area (Å²) in [7, 11) is 0. The molecule has 0 saturated carbocycles. The molecule has 20 heavy (non-hydrogen) atoms. The third-order valence-corrected chi connectivity index (χ3v) is 5.43. The number of hydrogen-bond donors (Lipinski definition) is 1. The van der Waals surface area contributed by atoms with Crippen LogP contribution >= 0.6 is 11.3 Å². The van der Waals surface area contributed by atoms with Crippen LogP contribution in [0.2, 0.25) is 0 Å². The van der Waals surface area contributed by atoms with Gasteiger partial charge in [-0.05, 0) is 68.9 Å². The van der Waals surface area contributed by atoms with Crippen LogP contribution in [0.1, 0.15) is 46.7 Å². The zero-order valence-electron chi connectivity index (χ0n) is 12.0. The van der Waals surface area contributed by atoms with Gasteiger partial charge >= 0.3 is 0 Å². The number of aryl methyl sites for hydroxylation is 3. The predicted molar refractivity (Wildman–Crippen MR) is 84.1 cm³/mol. The molecule has 1 aromatic carbocycles. The summed E-state index contributed by atoms with van der Waals surface area (Å²) >= 11 is 1.92. The number of nitrogens with one attached hydrogen (secondary N) is 1. The van der Waals surface area contributed by atoms with Crippen molar-refractivity contribution in [2.75, 3.05) is 5.32 Å². The zero-order valence-corrected chi connectivity index (χ0v) is 12.8. The summed E-state index contributed by atoms with van der Waals surface area (Å²) < 4.78 is 13.3. The molecule has 1 heterocycles. The van der Waals surface area contributed by atoms with E-state index in [4.69, 9.17) is 0 Å². The minimum absolute atomic E-state index is 0.184. The van der Waals surface area contributed by atoms with Gasteiger partial charge in [0.05, 0.1) is 6.04 Å². The van der Waals surface area contributed by atoms with Gasteiger partial charge in [0.1, 0.15) is 5.82 Å². The van der Waals surface area contributed by atoms with Crippen molar-refractivity contribution in [2.45, 2.75) is 45.6 Å². The minimum atomic E-state index is -0.184. The Kier molecular flexibility index (Phi) is 3.79. The first kappa shape index (κ1) is 13.6. The molecule has 0 fully saturated rings. The average Bonchev–Trinajstić information content (AvgIpc) is 2.87. The first-order chi connectivity index (χ1) is 9.63. The van der Waals surface area contributed by atoms with Crippen LogP contribution in [0.5, 0.6) is 0 Å². The van der Waals surface area contributed by atoms with Crippen LogP contribution < -0.4 is 5.32 Å². The molecule has 0 saturated heterocycles. The number of fused-ring (bicyclic) bond motifs is 1. The monoisotopic (exact) mass is 289 g/mol. The second-order valence-electron chi connectivity index (χ2n) is 5.63. The Morgan fingerprint density at radius 1 is 1.20 bits per heavy atom. The van der Waals surface area contributed by atoms with Gasteiger partial charge in [0.2, 0.25) is 0 Å². The van der Waals surface area contributed by atoms with Crippen LogP contribution in [0.25, 0.3) is 0 Å². The van der Waals surface area contributed by atoms with E-state index >= 15 is 0 Å². The number of anilines is 1. The Morgan fingerprint density at radius 2 is 2.00 bits per heavy atom. The molecule has 0 bridgehead atoms. The second-order valence-corrected chi connectivity index (χ2v) is 6.80. The minimum Gasteiger partial charge on any atom is -0.377 e. The zero-order chi connectivity index (χ0) is 14.1. The lowest BCUT2D eigenvalue weighted by Gasteiger charge is -2.15. The van der Waals surface area contributed by atoms with Gasteiger partial charge in [-0.25, -0.2) is 4.39 Å². The lowest BCUT2D eigenvalue weighted by molar-refractivity contribution is 0.627. The van der Waals surface area contributed by atoms with E-state index in [0.29, 0.717) is 0 Å². The number of halogens is 1. The highest BCUT2D eigenvalue weighted by molar-refractivity contribution is 7.12. The van der Waals surface area contributed by atoms with Crippen molar-refractivity contribution in [3.8, 4) is 0 Å². The fourth-order valence-corrected chi connectivity index (χ4v) is 4.04. The molecule has 1 aromatic heterocycles. The van der Waals surface area contributed by atoms with Crippen molar-refractivity contribution in [2.24, 2.45) is 0 Å². The highest BCUT2D eigenvalue weighted by atomic mass is 32.1. The molecule has 3 rings (SSSR count). The topological polar surface area (TPSA) is 12.0 Å². The van der Waals surface area contributed by atoms with E-state index in [1.807, 2.05) is 24.3 Å². The summed E-state index contributed by atoms with van der Waals surface area (Å²) in [6.45, 7) is 4.16. The number of rotatable bonds is 3.